The highest BCUT2D eigenvalue weighted by atomic mass is 32.2. The number of piperidine rings is 1. The lowest BCUT2D eigenvalue weighted by Gasteiger charge is -2.29. The predicted molar refractivity (Wildman–Crippen MR) is 105 cm³/mol. The van der Waals surface area contributed by atoms with E-state index in [-0.39, 0.29) is 23.6 Å². The van der Waals surface area contributed by atoms with Crippen LogP contribution in [0.1, 0.15) is 61.2 Å². The standard InChI is InChI=1S/C21H25FN2O4S/c1-15(19-6-5-13-28-19)24(17-8-9-17)21(25)16-7-10-18(22)20(14-16)29(26,27)23-11-3-2-4-12-23/h5-7,10,13-15,17H,2-4,8-9,11-12H2,1H3. The first-order valence-corrected chi connectivity index (χ1v) is 11.5. The molecule has 1 saturated carbocycles. The molecule has 1 unspecified atom stereocenters. The molecule has 156 valence electrons. The van der Waals surface area contributed by atoms with Crippen LogP contribution in [0.3, 0.4) is 0 Å². The maximum Gasteiger partial charge on any atom is 0.254 e. The molecule has 1 saturated heterocycles. The molecule has 0 bridgehead atoms. The summed E-state index contributed by atoms with van der Waals surface area (Å²) in [6, 6.07) is 6.98. The Labute approximate surface area is 170 Å². The first-order valence-electron chi connectivity index (χ1n) is 10.1. The average molecular weight is 421 g/mol. The number of carbonyl (C=O) groups excluding carboxylic acids is 1. The number of benzene rings is 1. The highest BCUT2D eigenvalue weighted by Crippen LogP contribution is 2.36. The maximum absolute atomic E-state index is 14.5. The van der Waals surface area contributed by atoms with Crippen molar-refractivity contribution in [2.45, 2.75) is 56.0 Å². The van der Waals surface area contributed by atoms with Crippen molar-refractivity contribution in [3.63, 3.8) is 0 Å². The van der Waals surface area contributed by atoms with E-state index in [0.29, 0.717) is 18.8 Å². The van der Waals surface area contributed by atoms with E-state index in [2.05, 4.69) is 0 Å². The fraction of sp³-hybridized carbons (Fsp3) is 0.476. The van der Waals surface area contributed by atoms with Crippen LogP contribution in [0.4, 0.5) is 4.39 Å². The molecule has 1 aromatic heterocycles. The maximum atomic E-state index is 14.5. The van der Waals surface area contributed by atoms with Gasteiger partial charge in [0, 0.05) is 24.7 Å². The number of amides is 1. The Morgan fingerprint density at radius 2 is 1.93 bits per heavy atom. The Kier molecular flexibility index (Phi) is 5.48. The van der Waals surface area contributed by atoms with Gasteiger partial charge in [-0.05, 0) is 62.9 Å². The van der Waals surface area contributed by atoms with Gasteiger partial charge in [-0.1, -0.05) is 6.42 Å². The van der Waals surface area contributed by atoms with Gasteiger partial charge in [-0.15, -0.1) is 0 Å². The summed E-state index contributed by atoms with van der Waals surface area (Å²) in [6.45, 7) is 2.64. The van der Waals surface area contributed by atoms with E-state index >= 15 is 0 Å². The molecule has 2 heterocycles. The molecule has 1 aliphatic carbocycles. The van der Waals surface area contributed by atoms with Gasteiger partial charge in [-0.2, -0.15) is 4.31 Å². The third-order valence-electron chi connectivity index (χ3n) is 5.66. The summed E-state index contributed by atoms with van der Waals surface area (Å²) in [6.07, 6.45) is 5.82. The highest BCUT2D eigenvalue weighted by Gasteiger charge is 2.38. The van der Waals surface area contributed by atoms with Gasteiger partial charge < -0.3 is 9.32 Å². The minimum Gasteiger partial charge on any atom is -0.467 e. The van der Waals surface area contributed by atoms with Crippen LogP contribution in [0.25, 0.3) is 0 Å². The van der Waals surface area contributed by atoms with Crippen LogP contribution in [0.5, 0.6) is 0 Å². The van der Waals surface area contributed by atoms with Crippen LogP contribution < -0.4 is 0 Å². The number of hydrogen-bond donors (Lipinski definition) is 0. The molecule has 1 aliphatic heterocycles. The second-order valence-electron chi connectivity index (χ2n) is 7.74. The smallest absolute Gasteiger partial charge is 0.254 e. The van der Waals surface area contributed by atoms with Gasteiger partial charge >= 0.3 is 0 Å². The van der Waals surface area contributed by atoms with Gasteiger partial charge in [-0.3, -0.25) is 4.79 Å². The Balaban J connectivity index is 1.66. The highest BCUT2D eigenvalue weighted by molar-refractivity contribution is 7.89. The summed E-state index contributed by atoms with van der Waals surface area (Å²) >= 11 is 0. The molecule has 4 rings (SSSR count). The normalized spacial score (nSPS) is 19.1. The number of nitrogens with zero attached hydrogens (tertiary/aromatic N) is 2. The molecule has 2 fully saturated rings. The van der Waals surface area contributed by atoms with Crippen molar-refractivity contribution < 1.29 is 22.0 Å². The van der Waals surface area contributed by atoms with E-state index in [1.807, 2.05) is 13.0 Å². The van der Waals surface area contributed by atoms with Crippen molar-refractivity contribution in [1.82, 2.24) is 9.21 Å². The number of rotatable bonds is 6. The fourth-order valence-corrected chi connectivity index (χ4v) is 5.51. The van der Waals surface area contributed by atoms with Crippen LogP contribution in [-0.2, 0) is 10.0 Å². The largest absolute Gasteiger partial charge is 0.467 e. The Morgan fingerprint density at radius 1 is 1.21 bits per heavy atom. The Morgan fingerprint density at radius 3 is 2.55 bits per heavy atom. The summed E-state index contributed by atoms with van der Waals surface area (Å²) in [4.78, 5) is 14.6. The minimum absolute atomic E-state index is 0.0785. The number of carbonyl (C=O) groups is 1. The molecular weight excluding hydrogens is 395 g/mol. The van der Waals surface area contributed by atoms with Gasteiger partial charge in [-0.25, -0.2) is 12.8 Å². The summed E-state index contributed by atoms with van der Waals surface area (Å²) in [5, 5.41) is 0. The zero-order valence-electron chi connectivity index (χ0n) is 16.4. The van der Waals surface area contributed by atoms with Crippen molar-refractivity contribution in [2.75, 3.05) is 13.1 Å². The Hall–Kier alpha value is -2.19. The van der Waals surface area contributed by atoms with Gasteiger partial charge in [0.15, 0.2) is 0 Å². The van der Waals surface area contributed by atoms with Gasteiger partial charge in [0.25, 0.3) is 5.91 Å². The van der Waals surface area contributed by atoms with Crippen molar-refractivity contribution in [1.29, 1.82) is 0 Å². The van der Waals surface area contributed by atoms with Crippen LogP contribution in [0.2, 0.25) is 0 Å². The van der Waals surface area contributed by atoms with Crippen LogP contribution in [0, 0.1) is 5.82 Å². The Bertz CT molecular complexity index is 980. The van der Waals surface area contributed by atoms with Crippen molar-refractivity contribution >= 4 is 15.9 Å². The van der Waals surface area contributed by atoms with Gasteiger partial charge in [0.2, 0.25) is 10.0 Å². The lowest BCUT2D eigenvalue weighted by Crippen LogP contribution is -2.37. The second-order valence-corrected chi connectivity index (χ2v) is 9.65. The molecule has 0 radical (unpaired) electrons. The van der Waals surface area contributed by atoms with Crippen molar-refractivity contribution in [2.24, 2.45) is 0 Å². The third kappa shape index (κ3) is 3.96. The van der Waals surface area contributed by atoms with Crippen LogP contribution in [0.15, 0.2) is 45.9 Å². The second kappa shape index (κ2) is 7.91. The molecule has 0 spiro atoms. The molecule has 8 heteroatoms. The van der Waals surface area contributed by atoms with Crippen LogP contribution >= 0.6 is 0 Å². The van der Waals surface area contributed by atoms with Crippen molar-refractivity contribution in [3.8, 4) is 0 Å². The number of sulfonamides is 1. The minimum atomic E-state index is -3.97. The van der Waals surface area contributed by atoms with E-state index < -0.39 is 20.7 Å². The van der Waals surface area contributed by atoms with E-state index in [4.69, 9.17) is 4.42 Å². The molecule has 2 aromatic rings. The van der Waals surface area contributed by atoms with E-state index in [1.165, 1.54) is 16.4 Å². The summed E-state index contributed by atoms with van der Waals surface area (Å²) < 4.78 is 47.2. The summed E-state index contributed by atoms with van der Waals surface area (Å²) in [5.41, 5.74) is 0.173. The molecule has 1 amide bonds. The lowest BCUT2D eigenvalue weighted by atomic mass is 10.1. The molecular formula is C21H25FN2O4S. The molecule has 2 aliphatic rings. The van der Waals surface area contributed by atoms with E-state index in [9.17, 15) is 17.6 Å². The molecule has 0 N–H and O–H groups in total. The predicted octanol–water partition coefficient (Wildman–Crippen LogP) is 3.96. The van der Waals surface area contributed by atoms with Crippen LogP contribution in [-0.4, -0.2) is 42.7 Å². The molecule has 1 atom stereocenters. The lowest BCUT2D eigenvalue weighted by molar-refractivity contribution is 0.0652. The average Bonchev–Trinajstić information content (AvgIpc) is 3.40. The number of hydrogen-bond acceptors (Lipinski definition) is 4. The molecule has 1 aromatic carbocycles. The van der Waals surface area contributed by atoms with Gasteiger partial charge in [0.05, 0.1) is 12.3 Å². The first kappa shape index (κ1) is 20.1. The first-order chi connectivity index (χ1) is 13.9. The topological polar surface area (TPSA) is 70.8 Å². The summed E-state index contributed by atoms with van der Waals surface area (Å²) in [5.74, 6) is -0.482. The zero-order valence-corrected chi connectivity index (χ0v) is 17.2. The SMILES string of the molecule is CC(c1ccco1)N(C(=O)c1ccc(F)c(S(=O)(=O)N2CCCCC2)c1)C1CC1. The van der Waals surface area contributed by atoms with Crippen molar-refractivity contribution in [3.05, 3.63) is 53.7 Å². The summed E-state index contributed by atoms with van der Waals surface area (Å²) in [7, 11) is -3.97. The third-order valence-corrected chi connectivity index (χ3v) is 7.57. The van der Waals surface area contributed by atoms with E-state index in [1.54, 1.807) is 17.2 Å². The fourth-order valence-electron chi connectivity index (χ4n) is 3.90. The van der Waals surface area contributed by atoms with E-state index in [0.717, 1.165) is 38.2 Å². The molecule has 6 nitrogen and oxygen atoms in total. The monoisotopic (exact) mass is 420 g/mol. The zero-order chi connectivity index (χ0) is 20.6. The number of furan rings is 1. The number of halogens is 1. The van der Waals surface area contributed by atoms with Gasteiger partial charge in [0.1, 0.15) is 16.5 Å². The molecule has 29 heavy (non-hydrogen) atoms. The quantitative estimate of drug-likeness (QED) is 0.709.